The highest BCUT2D eigenvalue weighted by Gasteiger charge is 2.29. The van der Waals surface area contributed by atoms with E-state index in [4.69, 9.17) is 0 Å². The lowest BCUT2D eigenvalue weighted by molar-refractivity contribution is -0.174. The summed E-state index contributed by atoms with van der Waals surface area (Å²) >= 11 is 0. The molecule has 0 spiro atoms. The lowest BCUT2D eigenvalue weighted by Gasteiger charge is -2.34. The molecular weight excluding hydrogens is 393 g/mol. The molecule has 0 radical (unpaired) electrons. The maximum absolute atomic E-state index is 13.0. The Morgan fingerprint density at radius 2 is 1.68 bits per heavy atom. The third-order valence-corrected chi connectivity index (χ3v) is 7.21. The zero-order chi connectivity index (χ0) is 20.2. The van der Waals surface area contributed by atoms with Crippen LogP contribution in [0.2, 0.25) is 0 Å². The van der Waals surface area contributed by atoms with Gasteiger partial charge in [0.25, 0.3) is 0 Å². The van der Waals surface area contributed by atoms with Crippen molar-refractivity contribution >= 4 is 10.0 Å². The summed E-state index contributed by atoms with van der Waals surface area (Å²) in [6.45, 7) is 1.36. The zero-order valence-corrected chi connectivity index (χ0v) is 16.7. The second-order valence-electron chi connectivity index (χ2n) is 7.40. The molecule has 1 aliphatic heterocycles. The molecule has 3 rings (SSSR count). The van der Waals surface area contributed by atoms with E-state index in [1.54, 1.807) is 6.07 Å². The highest BCUT2D eigenvalue weighted by molar-refractivity contribution is 7.89. The smallest absolute Gasteiger partial charge is 0.372 e. The van der Waals surface area contributed by atoms with Crippen molar-refractivity contribution in [2.45, 2.75) is 43.2 Å². The Morgan fingerprint density at radius 3 is 2.36 bits per heavy atom. The summed E-state index contributed by atoms with van der Waals surface area (Å²) in [5, 5.41) is 0. The molecule has 0 aromatic heterocycles. The van der Waals surface area contributed by atoms with Gasteiger partial charge in [0, 0.05) is 39.3 Å². The van der Waals surface area contributed by atoms with Crippen molar-refractivity contribution in [2.24, 2.45) is 0 Å². The summed E-state index contributed by atoms with van der Waals surface area (Å²) in [7, 11) is -3.51. The van der Waals surface area contributed by atoms with Gasteiger partial charge < -0.3 is 9.64 Å². The topological polar surface area (TPSA) is 49.9 Å². The van der Waals surface area contributed by atoms with Gasteiger partial charge in [-0.2, -0.15) is 17.5 Å². The van der Waals surface area contributed by atoms with Crippen molar-refractivity contribution in [1.82, 2.24) is 9.21 Å². The lowest BCUT2D eigenvalue weighted by Crippen LogP contribution is -2.48. The highest BCUT2D eigenvalue weighted by Crippen LogP contribution is 2.26. The number of hydrogen-bond acceptors (Lipinski definition) is 4. The van der Waals surface area contributed by atoms with Crippen LogP contribution >= 0.6 is 0 Å². The van der Waals surface area contributed by atoms with E-state index in [0.29, 0.717) is 44.0 Å². The molecule has 0 bridgehead atoms. The summed E-state index contributed by atoms with van der Waals surface area (Å²) in [6, 6.07) is 5.48. The van der Waals surface area contributed by atoms with Gasteiger partial charge in [0.2, 0.25) is 10.0 Å². The van der Waals surface area contributed by atoms with E-state index >= 15 is 0 Å². The average molecular weight is 420 g/mol. The van der Waals surface area contributed by atoms with Crippen molar-refractivity contribution in [1.29, 1.82) is 0 Å². The predicted molar refractivity (Wildman–Crippen MR) is 99.8 cm³/mol. The maximum Gasteiger partial charge on any atom is 0.411 e. The van der Waals surface area contributed by atoms with E-state index < -0.39 is 22.8 Å². The normalized spacial score (nSPS) is 19.5. The Morgan fingerprint density at radius 1 is 1.00 bits per heavy atom. The Kier molecular flexibility index (Phi) is 7.01. The second-order valence-corrected chi connectivity index (χ2v) is 9.34. The van der Waals surface area contributed by atoms with E-state index in [0.717, 1.165) is 31.2 Å². The fraction of sp³-hybridized carbons (Fsp3) is 0.684. The number of halogens is 3. The van der Waals surface area contributed by atoms with Gasteiger partial charge in [0.1, 0.15) is 6.61 Å². The second kappa shape index (κ2) is 9.11. The van der Waals surface area contributed by atoms with Crippen molar-refractivity contribution in [2.75, 3.05) is 45.9 Å². The summed E-state index contributed by atoms with van der Waals surface area (Å²) in [4.78, 5) is 2.43. The van der Waals surface area contributed by atoms with E-state index in [1.807, 2.05) is 12.1 Å². The number of alkyl halides is 3. The molecule has 9 heteroatoms. The first kappa shape index (κ1) is 21.5. The molecular formula is C19H27F3N2O3S. The molecule has 0 amide bonds. The van der Waals surface area contributed by atoms with Crippen LogP contribution in [0.25, 0.3) is 0 Å². The molecule has 1 aromatic rings. The predicted octanol–water partition coefficient (Wildman–Crippen LogP) is 2.84. The molecule has 0 atom stereocenters. The van der Waals surface area contributed by atoms with Crippen LogP contribution in [0.5, 0.6) is 0 Å². The molecule has 2 aliphatic rings. The molecule has 28 heavy (non-hydrogen) atoms. The molecule has 1 saturated heterocycles. The highest BCUT2D eigenvalue weighted by atomic mass is 32.2. The Bertz CT molecular complexity index is 760. The largest absolute Gasteiger partial charge is 0.411 e. The standard InChI is InChI=1S/C19H27F3N2O3S/c20-19(21,22)15-27-13-3-8-23-9-11-24(12-10-23)28(25,26)18-7-6-16-4-1-2-5-17(16)14-18/h6-7,14H,1-5,8-13,15H2. The Balaban J connectivity index is 1.47. The Labute approximate surface area is 164 Å². The van der Waals surface area contributed by atoms with Gasteiger partial charge in [-0.3, -0.25) is 0 Å². The van der Waals surface area contributed by atoms with Gasteiger partial charge in [-0.05, 0) is 55.4 Å². The fourth-order valence-electron chi connectivity index (χ4n) is 3.79. The molecule has 0 N–H and O–H groups in total. The van der Waals surface area contributed by atoms with Gasteiger partial charge in [-0.1, -0.05) is 6.07 Å². The van der Waals surface area contributed by atoms with Crippen LogP contribution in [-0.4, -0.2) is 69.7 Å². The first-order valence-electron chi connectivity index (χ1n) is 9.74. The minimum Gasteiger partial charge on any atom is -0.372 e. The van der Waals surface area contributed by atoms with Gasteiger partial charge in [-0.25, -0.2) is 8.42 Å². The minimum absolute atomic E-state index is 0.0488. The molecule has 158 valence electrons. The molecule has 1 aliphatic carbocycles. The third kappa shape index (κ3) is 5.68. The van der Waals surface area contributed by atoms with Gasteiger partial charge in [-0.15, -0.1) is 0 Å². The van der Waals surface area contributed by atoms with Gasteiger partial charge in [0.15, 0.2) is 0 Å². The molecule has 0 saturated carbocycles. The van der Waals surface area contributed by atoms with Crippen molar-refractivity contribution in [3.63, 3.8) is 0 Å². The number of piperazine rings is 1. The SMILES string of the molecule is O=S(=O)(c1ccc2c(c1)CCCC2)N1CCN(CCCOCC(F)(F)F)CC1. The van der Waals surface area contributed by atoms with Crippen LogP contribution in [0, 0.1) is 0 Å². The maximum atomic E-state index is 13.0. The Hall–Kier alpha value is -1.16. The van der Waals surface area contributed by atoms with Gasteiger partial charge >= 0.3 is 6.18 Å². The van der Waals surface area contributed by atoms with Crippen LogP contribution < -0.4 is 0 Å². The van der Waals surface area contributed by atoms with Crippen molar-refractivity contribution in [3.05, 3.63) is 29.3 Å². The van der Waals surface area contributed by atoms with Crippen LogP contribution in [0.1, 0.15) is 30.4 Å². The van der Waals surface area contributed by atoms with Crippen molar-refractivity contribution in [3.8, 4) is 0 Å². The van der Waals surface area contributed by atoms with Gasteiger partial charge in [0.05, 0.1) is 4.90 Å². The summed E-state index contributed by atoms with van der Waals surface area (Å²) in [5.74, 6) is 0. The monoisotopic (exact) mass is 420 g/mol. The van der Waals surface area contributed by atoms with E-state index in [2.05, 4.69) is 9.64 Å². The summed E-state index contributed by atoms with van der Waals surface area (Å²) in [5.41, 5.74) is 2.40. The molecule has 1 fully saturated rings. The number of ether oxygens (including phenoxy) is 1. The van der Waals surface area contributed by atoms with E-state index in [9.17, 15) is 21.6 Å². The number of hydrogen-bond donors (Lipinski definition) is 0. The lowest BCUT2D eigenvalue weighted by atomic mass is 9.92. The third-order valence-electron chi connectivity index (χ3n) is 5.32. The average Bonchev–Trinajstić information content (AvgIpc) is 2.67. The van der Waals surface area contributed by atoms with Crippen LogP contribution in [0.4, 0.5) is 13.2 Å². The summed E-state index contributed by atoms with van der Waals surface area (Å²) < 4.78 is 68.1. The number of benzene rings is 1. The van der Waals surface area contributed by atoms with Crippen molar-refractivity contribution < 1.29 is 26.3 Å². The van der Waals surface area contributed by atoms with E-state index in [1.165, 1.54) is 9.87 Å². The molecule has 1 aromatic carbocycles. The number of rotatable bonds is 7. The number of aryl methyl sites for hydroxylation is 2. The van der Waals surface area contributed by atoms with Crippen LogP contribution in [0.15, 0.2) is 23.1 Å². The number of sulfonamides is 1. The first-order valence-corrected chi connectivity index (χ1v) is 11.2. The zero-order valence-electron chi connectivity index (χ0n) is 15.9. The van der Waals surface area contributed by atoms with Crippen LogP contribution in [-0.2, 0) is 27.6 Å². The minimum atomic E-state index is -4.29. The molecule has 1 heterocycles. The molecule has 5 nitrogen and oxygen atoms in total. The fourth-order valence-corrected chi connectivity index (χ4v) is 5.26. The summed E-state index contributed by atoms with van der Waals surface area (Å²) in [6.07, 6.45) is 0.401. The molecule has 0 unspecified atom stereocenters. The first-order chi connectivity index (χ1) is 13.3. The quantitative estimate of drug-likeness (QED) is 0.637. The van der Waals surface area contributed by atoms with E-state index in [-0.39, 0.29) is 6.61 Å². The number of nitrogens with zero attached hydrogens (tertiary/aromatic N) is 2. The number of fused-ring (bicyclic) bond motifs is 1. The van der Waals surface area contributed by atoms with Crippen LogP contribution in [0.3, 0.4) is 0 Å².